The van der Waals surface area contributed by atoms with Crippen LogP contribution in [0.2, 0.25) is 0 Å². The number of hydrogen-bond acceptors (Lipinski definition) is 2. The Kier molecular flexibility index (Phi) is 2.82. The summed E-state index contributed by atoms with van der Waals surface area (Å²) < 4.78 is 0. The topological polar surface area (TPSA) is 17.1 Å². The second kappa shape index (κ2) is 3.68. The number of Topliss-reactive ketones (excluding diaryl/α,β-unsaturated/α-hetero) is 1. The normalized spacial score (nSPS) is 9.83. The summed E-state index contributed by atoms with van der Waals surface area (Å²) in [5, 5.41) is 1.95. The minimum Gasteiger partial charge on any atom is -0.293 e. The van der Waals surface area contributed by atoms with Crippen molar-refractivity contribution in [2.24, 2.45) is 0 Å². The molecule has 1 heterocycles. The van der Waals surface area contributed by atoms with Gasteiger partial charge in [0.25, 0.3) is 0 Å². The molecule has 0 amide bonds. The van der Waals surface area contributed by atoms with E-state index in [1.54, 1.807) is 0 Å². The van der Waals surface area contributed by atoms with E-state index in [-0.39, 0.29) is 5.78 Å². The lowest BCUT2D eigenvalue weighted by Crippen LogP contribution is -1.97. The molecule has 1 aromatic heterocycles. The van der Waals surface area contributed by atoms with Gasteiger partial charge in [-0.05, 0) is 30.9 Å². The standard InChI is InChI=1S/C10H12OS/c1-7(2)6-9(11)10-8(3)4-5-12-10/h4-5H,1,6H2,2-3H3. The highest BCUT2D eigenvalue weighted by Crippen LogP contribution is 2.18. The molecule has 0 saturated heterocycles. The van der Waals surface area contributed by atoms with Gasteiger partial charge in [-0.1, -0.05) is 12.2 Å². The van der Waals surface area contributed by atoms with Crippen LogP contribution in [0.25, 0.3) is 0 Å². The summed E-state index contributed by atoms with van der Waals surface area (Å²) in [5.74, 6) is 0.190. The smallest absolute Gasteiger partial charge is 0.177 e. The molecule has 0 aliphatic heterocycles. The molecule has 0 radical (unpaired) electrons. The monoisotopic (exact) mass is 180 g/mol. The summed E-state index contributed by atoms with van der Waals surface area (Å²) in [6.07, 6.45) is 0.474. The zero-order valence-corrected chi connectivity index (χ0v) is 8.20. The van der Waals surface area contributed by atoms with E-state index < -0.39 is 0 Å². The van der Waals surface area contributed by atoms with Crippen molar-refractivity contribution >= 4 is 17.1 Å². The first-order valence-electron chi connectivity index (χ1n) is 3.83. The molecule has 0 aliphatic rings. The van der Waals surface area contributed by atoms with E-state index in [0.717, 1.165) is 16.0 Å². The van der Waals surface area contributed by atoms with E-state index >= 15 is 0 Å². The Hall–Kier alpha value is -0.890. The lowest BCUT2D eigenvalue weighted by Gasteiger charge is -1.97. The average Bonchev–Trinajstić information content (AvgIpc) is 2.33. The predicted molar refractivity (Wildman–Crippen MR) is 52.8 cm³/mol. The van der Waals surface area contributed by atoms with Crippen LogP contribution in [0.5, 0.6) is 0 Å². The number of rotatable bonds is 3. The average molecular weight is 180 g/mol. The molecule has 0 saturated carbocycles. The Morgan fingerprint density at radius 2 is 2.33 bits per heavy atom. The largest absolute Gasteiger partial charge is 0.293 e. The number of hydrogen-bond donors (Lipinski definition) is 0. The molecular weight excluding hydrogens is 168 g/mol. The number of aryl methyl sites for hydroxylation is 1. The van der Waals surface area contributed by atoms with Gasteiger partial charge in [0.1, 0.15) is 0 Å². The Morgan fingerprint density at radius 3 is 2.75 bits per heavy atom. The van der Waals surface area contributed by atoms with Gasteiger partial charge < -0.3 is 0 Å². The molecule has 12 heavy (non-hydrogen) atoms. The van der Waals surface area contributed by atoms with Crippen LogP contribution >= 0.6 is 11.3 Å². The Labute approximate surface area is 76.7 Å². The van der Waals surface area contributed by atoms with Crippen LogP contribution in [0.4, 0.5) is 0 Å². The first-order valence-corrected chi connectivity index (χ1v) is 4.71. The van der Waals surface area contributed by atoms with Gasteiger partial charge in [-0.2, -0.15) is 0 Å². The Morgan fingerprint density at radius 1 is 1.67 bits per heavy atom. The van der Waals surface area contributed by atoms with Crippen molar-refractivity contribution in [2.45, 2.75) is 20.3 Å². The number of carbonyl (C=O) groups excluding carboxylic acids is 1. The molecule has 0 fully saturated rings. The van der Waals surface area contributed by atoms with Crippen LogP contribution < -0.4 is 0 Å². The van der Waals surface area contributed by atoms with Crippen LogP contribution in [0.15, 0.2) is 23.6 Å². The summed E-state index contributed by atoms with van der Waals surface area (Å²) in [4.78, 5) is 12.4. The first-order chi connectivity index (χ1) is 5.61. The van der Waals surface area contributed by atoms with Crippen LogP contribution in [-0.4, -0.2) is 5.78 Å². The van der Waals surface area contributed by atoms with Gasteiger partial charge in [0.15, 0.2) is 5.78 Å². The highest BCUT2D eigenvalue weighted by Gasteiger charge is 2.09. The third kappa shape index (κ3) is 2.05. The Bertz CT molecular complexity index is 309. The van der Waals surface area contributed by atoms with Gasteiger partial charge >= 0.3 is 0 Å². The summed E-state index contributed by atoms with van der Waals surface area (Å²) in [5.41, 5.74) is 2.00. The van der Waals surface area contributed by atoms with Crippen molar-refractivity contribution in [3.05, 3.63) is 34.0 Å². The van der Waals surface area contributed by atoms with E-state index in [0.29, 0.717) is 6.42 Å². The molecule has 0 bridgehead atoms. The maximum absolute atomic E-state index is 11.5. The lowest BCUT2D eigenvalue weighted by molar-refractivity contribution is 0.0996. The van der Waals surface area contributed by atoms with Gasteiger partial charge in [-0.25, -0.2) is 0 Å². The van der Waals surface area contributed by atoms with E-state index in [1.807, 2.05) is 25.3 Å². The first kappa shape index (κ1) is 9.20. The number of ketones is 1. The van der Waals surface area contributed by atoms with Gasteiger partial charge in [0, 0.05) is 6.42 Å². The van der Waals surface area contributed by atoms with Crippen molar-refractivity contribution in [1.29, 1.82) is 0 Å². The molecule has 0 atom stereocenters. The summed E-state index contributed by atoms with van der Waals surface area (Å²) in [7, 11) is 0. The van der Waals surface area contributed by atoms with Crippen molar-refractivity contribution in [2.75, 3.05) is 0 Å². The predicted octanol–water partition coefficient (Wildman–Crippen LogP) is 3.21. The molecule has 1 rings (SSSR count). The molecule has 1 aromatic rings. The molecular formula is C10H12OS. The summed E-state index contributed by atoms with van der Waals surface area (Å²) in [6, 6.07) is 1.97. The number of thiophene rings is 1. The van der Waals surface area contributed by atoms with E-state index in [9.17, 15) is 4.79 Å². The molecule has 0 spiro atoms. The zero-order chi connectivity index (χ0) is 9.14. The van der Waals surface area contributed by atoms with E-state index in [4.69, 9.17) is 0 Å². The maximum atomic E-state index is 11.5. The fraction of sp³-hybridized carbons (Fsp3) is 0.300. The van der Waals surface area contributed by atoms with Crippen LogP contribution in [0.3, 0.4) is 0 Å². The fourth-order valence-electron chi connectivity index (χ4n) is 1.01. The number of carbonyl (C=O) groups is 1. The lowest BCUT2D eigenvalue weighted by atomic mass is 10.1. The van der Waals surface area contributed by atoms with Gasteiger partial charge in [0.05, 0.1) is 4.88 Å². The highest BCUT2D eigenvalue weighted by atomic mass is 32.1. The Balaban J connectivity index is 2.78. The van der Waals surface area contributed by atoms with E-state index in [2.05, 4.69) is 6.58 Å². The summed E-state index contributed by atoms with van der Waals surface area (Å²) in [6.45, 7) is 7.55. The van der Waals surface area contributed by atoms with Crippen LogP contribution in [0.1, 0.15) is 28.6 Å². The van der Waals surface area contributed by atoms with Crippen LogP contribution in [-0.2, 0) is 0 Å². The SMILES string of the molecule is C=C(C)CC(=O)c1sccc1C. The van der Waals surface area contributed by atoms with Crippen molar-refractivity contribution in [3.8, 4) is 0 Å². The molecule has 64 valence electrons. The molecule has 1 nitrogen and oxygen atoms in total. The van der Waals surface area contributed by atoms with Gasteiger partial charge in [-0.15, -0.1) is 11.3 Å². The van der Waals surface area contributed by atoms with Crippen molar-refractivity contribution < 1.29 is 4.79 Å². The van der Waals surface area contributed by atoms with Crippen LogP contribution in [0, 0.1) is 6.92 Å². The van der Waals surface area contributed by atoms with Gasteiger partial charge in [0.2, 0.25) is 0 Å². The zero-order valence-electron chi connectivity index (χ0n) is 7.39. The molecule has 0 aliphatic carbocycles. The van der Waals surface area contributed by atoms with Crippen molar-refractivity contribution in [1.82, 2.24) is 0 Å². The quantitative estimate of drug-likeness (QED) is 0.515. The molecule has 0 unspecified atom stereocenters. The minimum atomic E-state index is 0.190. The molecule has 2 heteroatoms. The van der Waals surface area contributed by atoms with Crippen molar-refractivity contribution in [3.63, 3.8) is 0 Å². The fourth-order valence-corrected chi connectivity index (χ4v) is 1.88. The molecule has 0 aromatic carbocycles. The van der Waals surface area contributed by atoms with Gasteiger partial charge in [-0.3, -0.25) is 4.79 Å². The highest BCUT2D eigenvalue weighted by molar-refractivity contribution is 7.12. The second-order valence-corrected chi connectivity index (χ2v) is 3.91. The number of allylic oxidation sites excluding steroid dienone is 1. The second-order valence-electron chi connectivity index (χ2n) is 2.99. The maximum Gasteiger partial charge on any atom is 0.177 e. The molecule has 0 N–H and O–H groups in total. The summed E-state index contributed by atoms with van der Waals surface area (Å²) >= 11 is 1.51. The van der Waals surface area contributed by atoms with E-state index in [1.165, 1.54) is 11.3 Å². The third-order valence-corrected chi connectivity index (χ3v) is 2.64. The minimum absolute atomic E-state index is 0.190. The third-order valence-electron chi connectivity index (χ3n) is 1.58.